The third-order valence-corrected chi connectivity index (χ3v) is 4.56. The Morgan fingerprint density at radius 1 is 1.04 bits per heavy atom. The maximum atomic E-state index is 5.94. The van der Waals surface area contributed by atoms with Crippen molar-refractivity contribution in [2.75, 3.05) is 0 Å². The second-order valence-electron chi connectivity index (χ2n) is 6.07. The summed E-state index contributed by atoms with van der Waals surface area (Å²) >= 11 is 5.94. The molecule has 1 fully saturated rings. The fraction of sp³-hybridized carbons (Fsp3) is 0.350. The summed E-state index contributed by atoms with van der Waals surface area (Å²) in [6.07, 6.45) is 9.64. The quantitative estimate of drug-likeness (QED) is 0.501. The van der Waals surface area contributed by atoms with Crippen LogP contribution in [-0.4, -0.2) is 6.21 Å². The van der Waals surface area contributed by atoms with Crippen LogP contribution in [0.4, 0.5) is 0 Å². The molecule has 0 aliphatic heterocycles. The van der Waals surface area contributed by atoms with E-state index in [9.17, 15) is 0 Å². The van der Waals surface area contributed by atoms with E-state index in [0.29, 0.717) is 17.5 Å². The van der Waals surface area contributed by atoms with Gasteiger partial charge in [-0.15, -0.1) is 0 Å². The van der Waals surface area contributed by atoms with Crippen LogP contribution < -0.4 is 0 Å². The van der Waals surface area contributed by atoms with Crippen molar-refractivity contribution in [1.82, 2.24) is 0 Å². The van der Waals surface area contributed by atoms with Gasteiger partial charge in [-0.2, -0.15) is 0 Å². The van der Waals surface area contributed by atoms with Gasteiger partial charge in [-0.1, -0.05) is 66.4 Å². The normalized spacial score (nSPS) is 15.9. The smallest absolute Gasteiger partial charge is 0.142 e. The molecule has 1 aliphatic carbocycles. The molecule has 0 heterocycles. The molecule has 2 nitrogen and oxygen atoms in total. The van der Waals surface area contributed by atoms with Crippen molar-refractivity contribution in [2.45, 2.75) is 44.6 Å². The summed E-state index contributed by atoms with van der Waals surface area (Å²) in [7, 11) is 0. The predicted octanol–water partition coefficient (Wildman–Crippen LogP) is 5.82. The van der Waals surface area contributed by atoms with E-state index in [4.69, 9.17) is 16.4 Å². The lowest BCUT2D eigenvalue weighted by molar-refractivity contribution is 0.132. The van der Waals surface area contributed by atoms with E-state index in [1.807, 2.05) is 30.3 Å². The Balaban J connectivity index is 1.57. The molecule has 0 spiro atoms. The van der Waals surface area contributed by atoms with Crippen molar-refractivity contribution in [3.63, 3.8) is 0 Å². The monoisotopic (exact) mass is 326 g/mol. The van der Waals surface area contributed by atoms with E-state index in [1.54, 1.807) is 0 Å². The summed E-state index contributed by atoms with van der Waals surface area (Å²) < 4.78 is 0. The highest BCUT2D eigenvalue weighted by Gasteiger charge is 2.15. The van der Waals surface area contributed by atoms with E-state index in [2.05, 4.69) is 29.6 Å². The first kappa shape index (κ1) is 16.1. The van der Waals surface area contributed by atoms with Crippen molar-refractivity contribution in [1.29, 1.82) is 0 Å². The molecule has 3 rings (SSSR count). The molecule has 0 bridgehead atoms. The summed E-state index contributed by atoms with van der Waals surface area (Å²) in [5.74, 6) is 0.692. The van der Waals surface area contributed by atoms with Gasteiger partial charge < -0.3 is 4.84 Å². The second-order valence-corrected chi connectivity index (χ2v) is 6.50. The largest absolute Gasteiger partial charge is 0.390 e. The third-order valence-electron chi connectivity index (χ3n) is 4.32. The highest BCUT2D eigenvalue weighted by atomic mass is 35.5. The first-order chi connectivity index (χ1) is 11.3. The molecule has 0 N–H and O–H groups in total. The fourth-order valence-corrected chi connectivity index (χ4v) is 3.33. The molecule has 1 aliphatic rings. The van der Waals surface area contributed by atoms with Crippen molar-refractivity contribution in [3.8, 4) is 0 Å². The zero-order chi connectivity index (χ0) is 15.9. The molecule has 119 valence electrons. The SMILES string of the molecule is Clc1cccc(CO/N=[C]\c2cccc(C3CCCCC3)c2)c1. The standard InChI is InChI=1S/C20H21ClNO/c21-20-11-5-7-17(13-20)15-23-22-14-16-6-4-10-19(12-16)18-8-2-1-3-9-18/h4-7,10-13,18H,1-3,8-9,15H2. The van der Waals surface area contributed by atoms with Crippen molar-refractivity contribution < 1.29 is 4.84 Å². The Morgan fingerprint density at radius 3 is 2.70 bits per heavy atom. The van der Waals surface area contributed by atoms with Gasteiger partial charge in [0.25, 0.3) is 0 Å². The van der Waals surface area contributed by atoms with E-state index in [-0.39, 0.29) is 0 Å². The highest BCUT2D eigenvalue weighted by molar-refractivity contribution is 6.30. The Kier molecular flexibility index (Phi) is 5.71. The fourth-order valence-electron chi connectivity index (χ4n) is 3.12. The Bertz CT molecular complexity index is 662. The van der Waals surface area contributed by atoms with Gasteiger partial charge in [-0.25, -0.2) is 0 Å². The lowest BCUT2D eigenvalue weighted by Gasteiger charge is -2.22. The molecular formula is C20H21ClNO. The molecule has 1 saturated carbocycles. The van der Waals surface area contributed by atoms with Gasteiger partial charge in [0.05, 0.1) is 0 Å². The van der Waals surface area contributed by atoms with E-state index in [1.165, 1.54) is 37.7 Å². The lowest BCUT2D eigenvalue weighted by atomic mass is 9.84. The van der Waals surface area contributed by atoms with Gasteiger partial charge in [0.1, 0.15) is 12.8 Å². The molecular weight excluding hydrogens is 306 g/mol. The lowest BCUT2D eigenvalue weighted by Crippen LogP contribution is -2.04. The first-order valence-electron chi connectivity index (χ1n) is 8.24. The van der Waals surface area contributed by atoms with Crippen LogP contribution in [0.2, 0.25) is 5.02 Å². The predicted molar refractivity (Wildman–Crippen MR) is 95.0 cm³/mol. The maximum Gasteiger partial charge on any atom is 0.142 e. The highest BCUT2D eigenvalue weighted by Crippen LogP contribution is 2.32. The van der Waals surface area contributed by atoms with Crippen LogP contribution in [-0.2, 0) is 11.4 Å². The number of hydrogen-bond acceptors (Lipinski definition) is 2. The van der Waals surface area contributed by atoms with Gasteiger partial charge in [-0.3, -0.25) is 0 Å². The molecule has 0 amide bonds. The van der Waals surface area contributed by atoms with Crippen LogP contribution in [0.1, 0.15) is 54.7 Å². The summed E-state index contributed by atoms with van der Waals surface area (Å²) in [6.45, 7) is 0.399. The average molecular weight is 327 g/mol. The maximum absolute atomic E-state index is 5.94. The van der Waals surface area contributed by atoms with Crippen molar-refractivity contribution in [3.05, 3.63) is 70.2 Å². The summed E-state index contributed by atoms with van der Waals surface area (Å²) in [5, 5.41) is 4.67. The van der Waals surface area contributed by atoms with E-state index < -0.39 is 0 Å². The Labute approximate surface area is 143 Å². The third kappa shape index (κ3) is 4.84. The first-order valence-corrected chi connectivity index (χ1v) is 8.61. The molecule has 23 heavy (non-hydrogen) atoms. The van der Waals surface area contributed by atoms with Crippen molar-refractivity contribution >= 4 is 17.8 Å². The molecule has 0 aromatic heterocycles. The topological polar surface area (TPSA) is 21.6 Å². The summed E-state index contributed by atoms with van der Waals surface area (Å²) in [4.78, 5) is 5.32. The Hall–Kier alpha value is -1.80. The minimum absolute atomic E-state index is 0.399. The number of hydrogen-bond donors (Lipinski definition) is 0. The number of benzene rings is 2. The molecule has 2 aromatic rings. The van der Waals surface area contributed by atoms with Crippen LogP contribution in [0, 0.1) is 0 Å². The molecule has 0 saturated heterocycles. The number of nitrogens with zero attached hydrogens (tertiary/aromatic N) is 1. The molecule has 0 unspecified atom stereocenters. The molecule has 3 heteroatoms. The zero-order valence-corrected chi connectivity index (χ0v) is 13.9. The van der Waals surface area contributed by atoms with Crippen molar-refractivity contribution in [2.24, 2.45) is 5.16 Å². The van der Waals surface area contributed by atoms with Crippen LogP contribution in [0.3, 0.4) is 0 Å². The van der Waals surface area contributed by atoms with Crippen LogP contribution >= 0.6 is 11.6 Å². The van der Waals surface area contributed by atoms with Crippen LogP contribution in [0.15, 0.2) is 53.7 Å². The Morgan fingerprint density at radius 2 is 1.87 bits per heavy atom. The van der Waals surface area contributed by atoms with Gasteiger partial charge in [0.15, 0.2) is 0 Å². The molecule has 0 atom stereocenters. The molecule has 1 radical (unpaired) electrons. The average Bonchev–Trinajstić information content (AvgIpc) is 2.60. The van der Waals surface area contributed by atoms with Gasteiger partial charge >= 0.3 is 0 Å². The molecule has 2 aromatic carbocycles. The zero-order valence-electron chi connectivity index (χ0n) is 13.2. The van der Waals surface area contributed by atoms with Gasteiger partial charge in [0.2, 0.25) is 0 Å². The summed E-state index contributed by atoms with van der Waals surface area (Å²) in [5.41, 5.74) is 3.37. The minimum atomic E-state index is 0.399. The second kappa shape index (κ2) is 8.16. The number of halogens is 1. The van der Waals surface area contributed by atoms with Crippen LogP contribution in [0.5, 0.6) is 0 Å². The van der Waals surface area contributed by atoms with E-state index >= 15 is 0 Å². The van der Waals surface area contributed by atoms with Crippen LogP contribution in [0.25, 0.3) is 0 Å². The number of rotatable bonds is 5. The minimum Gasteiger partial charge on any atom is -0.390 e. The van der Waals surface area contributed by atoms with E-state index in [0.717, 1.165) is 11.1 Å². The van der Waals surface area contributed by atoms with Gasteiger partial charge in [0, 0.05) is 10.6 Å². The summed E-state index contributed by atoms with van der Waals surface area (Å²) in [6, 6.07) is 16.1. The van der Waals surface area contributed by atoms with Gasteiger partial charge in [-0.05, 0) is 48.1 Å².